The van der Waals surface area contributed by atoms with Crippen molar-refractivity contribution in [3.05, 3.63) is 35.7 Å². The highest BCUT2D eigenvalue weighted by Crippen LogP contribution is 2.09. The summed E-state index contributed by atoms with van der Waals surface area (Å²) >= 11 is 1.68. The van der Waals surface area contributed by atoms with E-state index in [1.54, 1.807) is 35.8 Å². The van der Waals surface area contributed by atoms with Crippen LogP contribution in [0, 0.1) is 0 Å². The SMILES string of the molecule is CSCC(C)N(C)C(=O)c1ccc(/C=C/C(=O)O)cn1. The number of carbonyl (C=O) groups excluding carboxylic acids is 1. The first kappa shape index (κ1) is 16.2. The topological polar surface area (TPSA) is 70.5 Å². The summed E-state index contributed by atoms with van der Waals surface area (Å²) in [7, 11) is 1.75. The van der Waals surface area contributed by atoms with E-state index < -0.39 is 5.97 Å². The lowest BCUT2D eigenvalue weighted by Crippen LogP contribution is -2.37. The van der Waals surface area contributed by atoms with Crippen molar-refractivity contribution >= 4 is 29.7 Å². The predicted octanol–water partition coefficient (Wildman–Crippen LogP) is 2.00. The van der Waals surface area contributed by atoms with E-state index in [2.05, 4.69) is 4.98 Å². The van der Waals surface area contributed by atoms with Crippen molar-refractivity contribution in [1.29, 1.82) is 0 Å². The second-order valence-electron chi connectivity index (χ2n) is 4.37. The van der Waals surface area contributed by atoms with Crippen molar-refractivity contribution in [2.75, 3.05) is 19.1 Å². The molecule has 0 spiro atoms. The lowest BCUT2D eigenvalue weighted by Gasteiger charge is -2.23. The van der Waals surface area contributed by atoms with Crippen LogP contribution in [-0.2, 0) is 4.79 Å². The van der Waals surface area contributed by atoms with Crippen molar-refractivity contribution < 1.29 is 14.7 Å². The Bertz CT molecular complexity index is 500. The minimum absolute atomic E-state index is 0.130. The zero-order valence-corrected chi connectivity index (χ0v) is 12.6. The van der Waals surface area contributed by atoms with Gasteiger partial charge in [-0.1, -0.05) is 6.07 Å². The number of amides is 1. The molecule has 1 atom stereocenters. The van der Waals surface area contributed by atoms with Gasteiger partial charge in [0.2, 0.25) is 0 Å². The Kier molecular flexibility index (Phi) is 6.24. The lowest BCUT2D eigenvalue weighted by molar-refractivity contribution is -0.131. The maximum absolute atomic E-state index is 12.2. The molecule has 0 fully saturated rings. The second kappa shape index (κ2) is 7.69. The average Bonchev–Trinajstić information content (AvgIpc) is 2.44. The van der Waals surface area contributed by atoms with Gasteiger partial charge < -0.3 is 10.0 Å². The molecule has 1 unspecified atom stereocenters. The van der Waals surface area contributed by atoms with E-state index in [1.165, 1.54) is 12.3 Å². The first-order valence-electron chi connectivity index (χ1n) is 6.09. The molecule has 0 aliphatic heterocycles. The van der Waals surface area contributed by atoms with Gasteiger partial charge in [-0.05, 0) is 30.9 Å². The molecule has 1 aromatic heterocycles. The Morgan fingerprint density at radius 3 is 2.70 bits per heavy atom. The number of carboxylic acid groups (broad SMARTS) is 1. The largest absolute Gasteiger partial charge is 0.478 e. The Morgan fingerprint density at radius 1 is 1.50 bits per heavy atom. The quantitative estimate of drug-likeness (QED) is 0.813. The average molecular weight is 294 g/mol. The number of hydrogen-bond donors (Lipinski definition) is 1. The van der Waals surface area contributed by atoms with Crippen LogP contribution in [-0.4, -0.2) is 52.0 Å². The predicted molar refractivity (Wildman–Crippen MR) is 80.8 cm³/mol. The molecule has 0 bridgehead atoms. The van der Waals surface area contributed by atoms with Crippen molar-refractivity contribution in [1.82, 2.24) is 9.88 Å². The van der Waals surface area contributed by atoms with Crippen LogP contribution in [0.2, 0.25) is 0 Å². The second-order valence-corrected chi connectivity index (χ2v) is 5.28. The molecule has 1 rings (SSSR count). The molecule has 20 heavy (non-hydrogen) atoms. The van der Waals surface area contributed by atoms with Gasteiger partial charge in [0.25, 0.3) is 5.91 Å². The normalized spacial score (nSPS) is 12.3. The van der Waals surface area contributed by atoms with Crippen LogP contribution in [0.15, 0.2) is 24.4 Å². The van der Waals surface area contributed by atoms with Gasteiger partial charge in [-0.3, -0.25) is 9.78 Å². The fourth-order valence-corrected chi connectivity index (χ4v) is 2.24. The summed E-state index contributed by atoms with van der Waals surface area (Å²) < 4.78 is 0. The van der Waals surface area contributed by atoms with Gasteiger partial charge in [-0.25, -0.2) is 4.79 Å². The van der Waals surface area contributed by atoms with Gasteiger partial charge in [0.1, 0.15) is 5.69 Å². The van der Waals surface area contributed by atoms with Crippen LogP contribution in [0.4, 0.5) is 0 Å². The molecular formula is C14H18N2O3S. The van der Waals surface area contributed by atoms with Crippen molar-refractivity contribution in [3.63, 3.8) is 0 Å². The van der Waals surface area contributed by atoms with Crippen molar-refractivity contribution in [3.8, 4) is 0 Å². The van der Waals surface area contributed by atoms with Crippen LogP contribution in [0.3, 0.4) is 0 Å². The molecule has 1 amide bonds. The number of aliphatic carboxylic acids is 1. The van der Waals surface area contributed by atoms with Crippen LogP contribution < -0.4 is 0 Å². The number of nitrogens with zero attached hydrogens (tertiary/aromatic N) is 2. The standard InChI is InChI=1S/C14H18N2O3S/c1-10(9-20-3)16(2)14(19)12-6-4-11(8-15-12)5-7-13(17)18/h4-8,10H,9H2,1-3H3,(H,17,18)/b7-5+. The van der Waals surface area contributed by atoms with Crippen LogP contribution in [0.5, 0.6) is 0 Å². The van der Waals surface area contributed by atoms with E-state index in [0.717, 1.165) is 11.8 Å². The van der Waals surface area contributed by atoms with E-state index in [0.29, 0.717) is 11.3 Å². The molecule has 5 nitrogen and oxygen atoms in total. The maximum Gasteiger partial charge on any atom is 0.328 e. The summed E-state index contributed by atoms with van der Waals surface area (Å²) in [6.07, 6.45) is 5.95. The van der Waals surface area contributed by atoms with Gasteiger partial charge in [0.15, 0.2) is 0 Å². The smallest absolute Gasteiger partial charge is 0.328 e. The highest BCUT2D eigenvalue weighted by Gasteiger charge is 2.17. The molecule has 0 radical (unpaired) electrons. The van der Waals surface area contributed by atoms with E-state index in [9.17, 15) is 9.59 Å². The Balaban J connectivity index is 2.77. The molecule has 0 aliphatic carbocycles. The summed E-state index contributed by atoms with van der Waals surface area (Å²) in [5.41, 5.74) is 0.997. The monoisotopic (exact) mass is 294 g/mol. The number of aromatic nitrogens is 1. The van der Waals surface area contributed by atoms with Crippen LogP contribution in [0.25, 0.3) is 6.08 Å². The van der Waals surface area contributed by atoms with E-state index in [1.807, 2.05) is 13.2 Å². The number of hydrogen-bond acceptors (Lipinski definition) is 4. The van der Waals surface area contributed by atoms with E-state index in [4.69, 9.17) is 5.11 Å². The van der Waals surface area contributed by atoms with Gasteiger partial charge >= 0.3 is 5.97 Å². The Morgan fingerprint density at radius 2 is 2.20 bits per heavy atom. The third-order valence-electron chi connectivity index (χ3n) is 2.81. The molecule has 0 saturated heterocycles. The molecular weight excluding hydrogens is 276 g/mol. The fourth-order valence-electron chi connectivity index (χ4n) is 1.53. The van der Waals surface area contributed by atoms with Gasteiger partial charge in [0, 0.05) is 31.1 Å². The summed E-state index contributed by atoms with van der Waals surface area (Å²) in [6, 6.07) is 3.41. The third kappa shape index (κ3) is 4.70. The first-order chi connectivity index (χ1) is 9.45. The molecule has 0 saturated carbocycles. The van der Waals surface area contributed by atoms with Crippen LogP contribution in [0.1, 0.15) is 23.0 Å². The van der Waals surface area contributed by atoms with Gasteiger partial charge in [-0.15, -0.1) is 0 Å². The number of rotatable bonds is 6. The highest BCUT2D eigenvalue weighted by molar-refractivity contribution is 7.98. The molecule has 0 aromatic carbocycles. The Labute approximate surface area is 122 Å². The zero-order chi connectivity index (χ0) is 15.1. The maximum atomic E-state index is 12.2. The van der Waals surface area contributed by atoms with Gasteiger partial charge in [-0.2, -0.15) is 11.8 Å². The number of thioether (sulfide) groups is 1. The molecule has 0 aliphatic rings. The summed E-state index contributed by atoms with van der Waals surface area (Å²) in [5.74, 6) is -0.294. The van der Waals surface area contributed by atoms with Crippen LogP contribution >= 0.6 is 11.8 Å². The summed E-state index contributed by atoms with van der Waals surface area (Å²) in [4.78, 5) is 28.3. The molecule has 1 heterocycles. The number of pyridine rings is 1. The van der Waals surface area contributed by atoms with E-state index in [-0.39, 0.29) is 11.9 Å². The third-order valence-corrected chi connectivity index (χ3v) is 3.63. The minimum Gasteiger partial charge on any atom is -0.478 e. The molecule has 108 valence electrons. The molecule has 1 aromatic rings. The number of carbonyl (C=O) groups is 2. The van der Waals surface area contributed by atoms with E-state index >= 15 is 0 Å². The van der Waals surface area contributed by atoms with Crippen molar-refractivity contribution in [2.24, 2.45) is 0 Å². The van der Waals surface area contributed by atoms with Crippen molar-refractivity contribution in [2.45, 2.75) is 13.0 Å². The minimum atomic E-state index is -1.02. The van der Waals surface area contributed by atoms with Gasteiger partial charge in [0.05, 0.1) is 0 Å². The summed E-state index contributed by atoms with van der Waals surface area (Å²) in [5, 5.41) is 8.53. The fraction of sp³-hybridized carbons (Fsp3) is 0.357. The first-order valence-corrected chi connectivity index (χ1v) is 7.48. The lowest BCUT2D eigenvalue weighted by atomic mass is 10.2. The molecule has 6 heteroatoms. The highest BCUT2D eigenvalue weighted by atomic mass is 32.2. The summed E-state index contributed by atoms with van der Waals surface area (Å²) in [6.45, 7) is 1.98. The zero-order valence-electron chi connectivity index (χ0n) is 11.7. The number of carboxylic acids is 1. The Hall–Kier alpha value is -1.82. The molecule has 1 N–H and O–H groups in total.